The normalized spacial score (nSPS) is 29.0. The number of benzene rings is 1. The van der Waals surface area contributed by atoms with Crippen molar-refractivity contribution in [3.8, 4) is 6.07 Å². The molecule has 1 saturated heterocycles. The summed E-state index contributed by atoms with van der Waals surface area (Å²) in [5, 5.41) is 23.3. The average Bonchev–Trinajstić information content (AvgIpc) is 3.06. The first-order valence-corrected chi connectivity index (χ1v) is 10.5. The van der Waals surface area contributed by atoms with E-state index in [9.17, 15) is 15.2 Å². The number of rotatable bonds is 3. The summed E-state index contributed by atoms with van der Waals surface area (Å²) in [4.78, 5) is 23.4. The number of nitrogens with one attached hydrogen (secondary N) is 1. The summed E-state index contributed by atoms with van der Waals surface area (Å²) in [5.41, 5.74) is 2.31. The van der Waals surface area contributed by atoms with E-state index in [4.69, 9.17) is 11.6 Å². The highest BCUT2D eigenvalue weighted by Crippen LogP contribution is 2.52. The van der Waals surface area contributed by atoms with Gasteiger partial charge in [-0.3, -0.25) is 4.79 Å². The molecule has 1 atom stereocenters. The Bertz CT molecular complexity index is 1070. The molecule has 0 bridgehead atoms. The fraction of sp³-hybridized carbons (Fsp3) is 0.455. The zero-order valence-electron chi connectivity index (χ0n) is 16.7. The smallest absolute Gasteiger partial charge is 0.257 e. The third-order valence-electron chi connectivity index (χ3n) is 6.61. The van der Waals surface area contributed by atoms with Crippen LogP contribution in [-0.2, 0) is 12.8 Å². The van der Waals surface area contributed by atoms with Gasteiger partial charge >= 0.3 is 0 Å². The number of aliphatic hydroxyl groups is 1. The number of hydrogen-bond acceptors (Lipinski definition) is 6. The van der Waals surface area contributed by atoms with Crippen molar-refractivity contribution in [3.63, 3.8) is 0 Å². The fourth-order valence-corrected chi connectivity index (χ4v) is 5.58. The Kier molecular flexibility index (Phi) is 4.28. The van der Waals surface area contributed by atoms with Crippen LogP contribution in [0.4, 0.5) is 5.95 Å². The molecule has 154 valence electrons. The molecule has 3 aliphatic rings. The lowest BCUT2D eigenvalue weighted by molar-refractivity contribution is -0.165. The van der Waals surface area contributed by atoms with Gasteiger partial charge in [0.05, 0.1) is 28.3 Å². The number of nitrogens with zero attached hydrogens (tertiary/aromatic N) is 4. The van der Waals surface area contributed by atoms with Gasteiger partial charge in [-0.1, -0.05) is 11.6 Å². The topological polar surface area (TPSA) is 102 Å². The number of amides is 1. The summed E-state index contributed by atoms with van der Waals surface area (Å²) >= 11 is 6.11. The summed E-state index contributed by atoms with van der Waals surface area (Å²) in [6.07, 6.45) is 6.75. The van der Waals surface area contributed by atoms with E-state index in [1.165, 1.54) is 0 Å². The van der Waals surface area contributed by atoms with E-state index in [2.05, 4.69) is 21.4 Å². The largest absolute Gasteiger partial charge is 0.390 e. The number of halogens is 1. The first-order valence-electron chi connectivity index (χ1n) is 10.1. The van der Waals surface area contributed by atoms with Crippen molar-refractivity contribution < 1.29 is 9.90 Å². The third-order valence-corrected chi connectivity index (χ3v) is 6.83. The Balaban J connectivity index is 1.24. The van der Waals surface area contributed by atoms with E-state index in [0.29, 0.717) is 47.9 Å². The summed E-state index contributed by atoms with van der Waals surface area (Å²) in [6.45, 7) is 2.52. The molecular weight excluding hydrogens is 402 g/mol. The van der Waals surface area contributed by atoms with Gasteiger partial charge < -0.3 is 15.3 Å². The van der Waals surface area contributed by atoms with Crippen LogP contribution < -0.4 is 5.32 Å². The third kappa shape index (κ3) is 3.11. The number of anilines is 1. The van der Waals surface area contributed by atoms with E-state index < -0.39 is 5.60 Å². The minimum Gasteiger partial charge on any atom is -0.390 e. The lowest BCUT2D eigenvalue weighted by atomic mass is 9.59. The number of carbonyl (C=O) groups is 1. The Morgan fingerprint density at radius 2 is 2.07 bits per heavy atom. The maximum absolute atomic E-state index is 12.9. The lowest BCUT2D eigenvalue weighted by Crippen LogP contribution is -2.72. The molecule has 1 saturated carbocycles. The van der Waals surface area contributed by atoms with E-state index in [0.717, 1.165) is 24.0 Å². The second kappa shape index (κ2) is 6.66. The molecule has 2 aliphatic carbocycles. The van der Waals surface area contributed by atoms with Gasteiger partial charge in [0.15, 0.2) is 0 Å². The number of hydrogen-bond donors (Lipinski definition) is 2. The molecule has 30 heavy (non-hydrogen) atoms. The lowest BCUT2D eigenvalue weighted by Gasteiger charge is -2.63. The number of carbonyl (C=O) groups excluding carboxylic acids is 1. The van der Waals surface area contributed by atoms with Gasteiger partial charge in [0.25, 0.3) is 5.91 Å². The molecule has 1 amide bonds. The van der Waals surface area contributed by atoms with Gasteiger partial charge in [0.2, 0.25) is 5.95 Å². The van der Waals surface area contributed by atoms with E-state index in [-0.39, 0.29) is 17.5 Å². The van der Waals surface area contributed by atoms with E-state index >= 15 is 0 Å². The van der Waals surface area contributed by atoms with Crippen molar-refractivity contribution in [1.82, 2.24) is 14.9 Å². The van der Waals surface area contributed by atoms with Crippen LogP contribution in [0.15, 0.2) is 24.5 Å². The van der Waals surface area contributed by atoms with Crippen LogP contribution >= 0.6 is 11.6 Å². The average molecular weight is 424 g/mol. The van der Waals surface area contributed by atoms with Crippen molar-refractivity contribution in [3.05, 3.63) is 51.8 Å². The molecule has 2 aromatic rings. The maximum atomic E-state index is 12.9. The Labute approximate surface area is 179 Å². The van der Waals surface area contributed by atoms with Gasteiger partial charge in [-0.25, -0.2) is 9.97 Å². The fourth-order valence-electron chi connectivity index (χ4n) is 5.34. The number of aromatic nitrogens is 2. The minimum absolute atomic E-state index is 0.0722. The van der Waals surface area contributed by atoms with Gasteiger partial charge in [-0.2, -0.15) is 5.26 Å². The quantitative estimate of drug-likeness (QED) is 0.786. The van der Waals surface area contributed by atoms with Crippen LogP contribution in [0.25, 0.3) is 0 Å². The van der Waals surface area contributed by atoms with E-state index in [1.807, 2.05) is 17.9 Å². The number of likely N-dealkylation sites (tertiary alicyclic amines) is 1. The Morgan fingerprint density at radius 3 is 2.67 bits per heavy atom. The monoisotopic (exact) mass is 423 g/mol. The molecule has 1 spiro atoms. The van der Waals surface area contributed by atoms with Crippen molar-refractivity contribution in [2.45, 2.75) is 56.2 Å². The zero-order chi connectivity index (χ0) is 21.1. The molecule has 2 fully saturated rings. The SMILES string of the molecule is CC1(O)CC2(CCN2C(=O)c2cnc(N[C@H]3Cc4cc(Cl)cc(C#N)c4C3)nc2)C1. The molecule has 5 rings (SSSR count). The molecule has 0 unspecified atom stereocenters. The first kappa shape index (κ1) is 19.3. The van der Waals surface area contributed by atoms with Crippen molar-refractivity contribution in [2.24, 2.45) is 0 Å². The molecule has 7 nitrogen and oxygen atoms in total. The summed E-state index contributed by atoms with van der Waals surface area (Å²) in [5.74, 6) is 0.378. The Morgan fingerprint density at radius 1 is 1.33 bits per heavy atom. The number of fused-ring (bicyclic) bond motifs is 1. The minimum atomic E-state index is -0.669. The highest BCUT2D eigenvalue weighted by atomic mass is 35.5. The van der Waals surface area contributed by atoms with Crippen LogP contribution in [0.1, 0.15) is 53.2 Å². The van der Waals surface area contributed by atoms with Crippen LogP contribution in [0.3, 0.4) is 0 Å². The predicted molar refractivity (Wildman–Crippen MR) is 111 cm³/mol. The van der Waals surface area contributed by atoms with Gasteiger partial charge in [-0.15, -0.1) is 0 Å². The summed E-state index contributed by atoms with van der Waals surface area (Å²) < 4.78 is 0. The first-order chi connectivity index (χ1) is 14.3. The predicted octanol–water partition coefficient (Wildman–Crippen LogP) is 2.71. The molecule has 2 N–H and O–H groups in total. The summed E-state index contributed by atoms with van der Waals surface area (Å²) in [7, 11) is 0. The zero-order valence-corrected chi connectivity index (χ0v) is 17.4. The van der Waals surface area contributed by atoms with Crippen molar-refractivity contribution >= 4 is 23.5 Å². The number of nitriles is 1. The van der Waals surface area contributed by atoms with E-state index in [1.54, 1.807) is 18.5 Å². The van der Waals surface area contributed by atoms with Gasteiger partial charge in [0, 0.05) is 30.0 Å². The van der Waals surface area contributed by atoms with Gasteiger partial charge in [0.1, 0.15) is 0 Å². The van der Waals surface area contributed by atoms with Gasteiger partial charge in [-0.05, 0) is 62.3 Å². The highest BCUT2D eigenvalue weighted by Gasteiger charge is 2.60. The van der Waals surface area contributed by atoms with Crippen LogP contribution in [-0.4, -0.2) is 49.6 Å². The molecule has 0 radical (unpaired) electrons. The molecule has 1 aliphatic heterocycles. The van der Waals surface area contributed by atoms with Crippen LogP contribution in [0, 0.1) is 11.3 Å². The standard InChI is InChI=1S/C22H22ClN5O2/c1-21(30)11-22(12-21)2-3-28(22)19(29)15-9-25-20(26-10-15)27-17-6-13-4-16(23)5-14(8-24)18(13)7-17/h4-5,9-10,17,30H,2-3,6-7,11-12H2,1H3,(H,25,26,27)/t17-,21?,22?/m0/s1. The second-order valence-corrected chi connectivity index (χ2v) is 9.47. The highest BCUT2D eigenvalue weighted by molar-refractivity contribution is 6.30. The molecular formula is C22H22ClN5O2. The van der Waals surface area contributed by atoms with Crippen LogP contribution in [0.5, 0.6) is 0 Å². The van der Waals surface area contributed by atoms with Crippen molar-refractivity contribution in [1.29, 1.82) is 5.26 Å². The molecule has 1 aromatic heterocycles. The summed E-state index contributed by atoms with van der Waals surface area (Å²) in [6, 6.07) is 5.89. The Hall–Kier alpha value is -2.69. The van der Waals surface area contributed by atoms with Crippen LogP contribution in [0.2, 0.25) is 5.02 Å². The second-order valence-electron chi connectivity index (χ2n) is 9.03. The molecule has 1 aromatic carbocycles. The molecule has 2 heterocycles. The van der Waals surface area contributed by atoms with Crippen molar-refractivity contribution in [2.75, 3.05) is 11.9 Å². The molecule has 8 heteroatoms. The maximum Gasteiger partial charge on any atom is 0.257 e.